The predicted octanol–water partition coefficient (Wildman–Crippen LogP) is 2.95. The van der Waals surface area contributed by atoms with Crippen LogP contribution < -0.4 is 5.32 Å². The van der Waals surface area contributed by atoms with Crippen molar-refractivity contribution in [2.45, 2.75) is 72.4 Å². The normalized spacial score (nSPS) is 26.6. The van der Waals surface area contributed by atoms with Crippen molar-refractivity contribution < 1.29 is 9.94 Å². The lowest BCUT2D eigenvalue weighted by molar-refractivity contribution is 0.0357. The van der Waals surface area contributed by atoms with Crippen molar-refractivity contribution in [2.24, 2.45) is 16.5 Å². The van der Waals surface area contributed by atoms with Crippen LogP contribution in [0.15, 0.2) is 5.16 Å². The van der Waals surface area contributed by atoms with Gasteiger partial charge in [-0.25, -0.2) is 0 Å². The summed E-state index contributed by atoms with van der Waals surface area (Å²) in [5.41, 5.74) is 1.45. The highest BCUT2D eigenvalue weighted by atomic mass is 16.6. The van der Waals surface area contributed by atoms with Gasteiger partial charge in [0.2, 0.25) is 0 Å². The third-order valence-electron chi connectivity index (χ3n) is 3.50. The Morgan fingerprint density at radius 3 is 2.65 bits per heavy atom. The number of rotatable bonds is 5. The third-order valence-corrected chi connectivity index (χ3v) is 3.50. The van der Waals surface area contributed by atoms with Crippen molar-refractivity contribution in [2.75, 3.05) is 13.2 Å². The number of hydrogen-bond acceptors (Lipinski definition) is 4. The SMILES string of the molecule is C[C@H]1C/C(=N/OC[C@H](O)CNC(C)(C)C)CC(C)(C)C1. The summed E-state index contributed by atoms with van der Waals surface area (Å²) in [6.45, 7) is 13.8. The summed E-state index contributed by atoms with van der Waals surface area (Å²) >= 11 is 0. The Morgan fingerprint density at radius 2 is 2.10 bits per heavy atom. The fourth-order valence-electron chi connectivity index (χ4n) is 2.88. The molecule has 2 N–H and O–H groups in total. The second-order valence-corrected chi connectivity index (χ2v) is 8.09. The van der Waals surface area contributed by atoms with E-state index in [0.717, 1.165) is 18.6 Å². The van der Waals surface area contributed by atoms with Gasteiger partial charge in [0.15, 0.2) is 0 Å². The number of aliphatic hydroxyl groups excluding tert-OH is 1. The molecule has 118 valence electrons. The van der Waals surface area contributed by atoms with E-state index in [1.807, 2.05) is 0 Å². The molecular formula is C16H32N2O2. The molecule has 0 aromatic carbocycles. The summed E-state index contributed by atoms with van der Waals surface area (Å²) in [5, 5.41) is 17.3. The zero-order valence-corrected chi connectivity index (χ0v) is 14.0. The van der Waals surface area contributed by atoms with E-state index in [4.69, 9.17) is 4.84 Å². The molecule has 0 spiro atoms. The summed E-state index contributed by atoms with van der Waals surface area (Å²) in [5.74, 6) is 0.661. The molecule has 20 heavy (non-hydrogen) atoms. The van der Waals surface area contributed by atoms with Gasteiger partial charge in [-0.3, -0.25) is 0 Å². The molecule has 2 atom stereocenters. The van der Waals surface area contributed by atoms with Crippen LogP contribution in [-0.2, 0) is 4.84 Å². The zero-order valence-electron chi connectivity index (χ0n) is 14.0. The summed E-state index contributed by atoms with van der Waals surface area (Å²) < 4.78 is 0. The molecule has 0 aliphatic heterocycles. The van der Waals surface area contributed by atoms with Crippen LogP contribution in [0.3, 0.4) is 0 Å². The van der Waals surface area contributed by atoms with Crippen LogP contribution >= 0.6 is 0 Å². The lowest BCUT2D eigenvalue weighted by Gasteiger charge is -2.34. The topological polar surface area (TPSA) is 53.9 Å². The van der Waals surface area contributed by atoms with Gasteiger partial charge in [0.05, 0.1) is 5.71 Å². The number of hydrogen-bond donors (Lipinski definition) is 2. The minimum Gasteiger partial charge on any atom is -0.393 e. The molecule has 1 aliphatic carbocycles. The standard InChI is InChI=1S/C16H32N2O2/c1-12-7-13(9-16(5,6)8-12)18-20-11-14(19)10-17-15(2,3)4/h12,14,17,19H,7-11H2,1-6H3/b18-13-/t12-,14+/m0/s1. The summed E-state index contributed by atoms with van der Waals surface area (Å²) in [4.78, 5) is 5.34. The minimum absolute atomic E-state index is 0.00962. The molecule has 1 saturated carbocycles. The van der Waals surface area contributed by atoms with Gasteiger partial charge in [-0.15, -0.1) is 0 Å². The zero-order chi connectivity index (χ0) is 15.4. The van der Waals surface area contributed by atoms with Crippen LogP contribution in [0.5, 0.6) is 0 Å². The first-order chi connectivity index (χ1) is 9.07. The summed E-state index contributed by atoms with van der Waals surface area (Å²) in [7, 11) is 0. The first-order valence-electron chi connectivity index (χ1n) is 7.68. The fraction of sp³-hybridized carbons (Fsp3) is 0.938. The van der Waals surface area contributed by atoms with Gasteiger partial charge < -0.3 is 15.3 Å². The maximum atomic E-state index is 9.84. The Balaban J connectivity index is 2.33. The van der Waals surface area contributed by atoms with E-state index in [-0.39, 0.29) is 12.1 Å². The van der Waals surface area contributed by atoms with Gasteiger partial charge in [0, 0.05) is 12.1 Å². The number of β-amino-alcohol motifs (C(OH)–C–C–N with tert-alkyl or cyclic N) is 1. The first-order valence-corrected chi connectivity index (χ1v) is 7.68. The lowest BCUT2D eigenvalue weighted by atomic mass is 9.72. The second kappa shape index (κ2) is 6.90. The molecule has 4 nitrogen and oxygen atoms in total. The number of nitrogens with zero attached hydrogens (tertiary/aromatic N) is 1. The predicted molar refractivity (Wildman–Crippen MR) is 83.9 cm³/mol. The molecule has 0 heterocycles. The minimum atomic E-state index is -0.521. The Morgan fingerprint density at radius 1 is 1.45 bits per heavy atom. The Hall–Kier alpha value is -0.610. The van der Waals surface area contributed by atoms with Crippen molar-refractivity contribution in [1.82, 2.24) is 5.32 Å². The van der Waals surface area contributed by atoms with Crippen molar-refractivity contribution in [3.05, 3.63) is 0 Å². The molecule has 0 saturated heterocycles. The molecule has 4 heteroatoms. The highest BCUT2D eigenvalue weighted by molar-refractivity contribution is 5.85. The van der Waals surface area contributed by atoms with E-state index >= 15 is 0 Å². The quantitative estimate of drug-likeness (QED) is 0.763. The van der Waals surface area contributed by atoms with Gasteiger partial charge in [-0.1, -0.05) is 25.9 Å². The molecule has 1 fully saturated rings. The van der Waals surface area contributed by atoms with Crippen molar-refractivity contribution in [3.8, 4) is 0 Å². The monoisotopic (exact) mass is 284 g/mol. The Labute approximate surface area is 124 Å². The van der Waals surface area contributed by atoms with Gasteiger partial charge in [-0.05, 0) is 51.4 Å². The largest absolute Gasteiger partial charge is 0.393 e. The average Bonchev–Trinajstić information content (AvgIpc) is 2.22. The van der Waals surface area contributed by atoms with E-state index in [2.05, 4.69) is 52.0 Å². The van der Waals surface area contributed by atoms with E-state index in [9.17, 15) is 5.11 Å². The molecule has 0 amide bonds. The van der Waals surface area contributed by atoms with Crippen LogP contribution in [-0.4, -0.2) is 35.6 Å². The summed E-state index contributed by atoms with van der Waals surface area (Å²) in [6.07, 6.45) is 2.73. The van der Waals surface area contributed by atoms with E-state index in [1.54, 1.807) is 0 Å². The molecule has 0 aromatic heterocycles. The summed E-state index contributed by atoms with van der Waals surface area (Å²) in [6, 6.07) is 0. The number of oxime groups is 1. The van der Waals surface area contributed by atoms with E-state index < -0.39 is 6.10 Å². The number of aliphatic hydroxyl groups is 1. The van der Waals surface area contributed by atoms with Gasteiger partial charge in [0.25, 0.3) is 0 Å². The smallest absolute Gasteiger partial charge is 0.144 e. The molecule has 1 rings (SSSR count). The Kier molecular flexibility index (Phi) is 6.02. The molecule has 0 radical (unpaired) electrons. The average molecular weight is 284 g/mol. The first kappa shape index (κ1) is 17.4. The second-order valence-electron chi connectivity index (χ2n) is 8.09. The van der Waals surface area contributed by atoms with Gasteiger partial charge in [-0.2, -0.15) is 0 Å². The molecule has 0 unspecified atom stereocenters. The van der Waals surface area contributed by atoms with Gasteiger partial charge in [0.1, 0.15) is 12.7 Å². The van der Waals surface area contributed by atoms with Crippen molar-refractivity contribution in [3.63, 3.8) is 0 Å². The Bertz CT molecular complexity index is 332. The molecule has 1 aliphatic rings. The van der Waals surface area contributed by atoms with Crippen molar-refractivity contribution in [1.29, 1.82) is 0 Å². The fourth-order valence-corrected chi connectivity index (χ4v) is 2.88. The van der Waals surface area contributed by atoms with Gasteiger partial charge >= 0.3 is 0 Å². The highest BCUT2D eigenvalue weighted by Gasteiger charge is 2.29. The maximum absolute atomic E-state index is 9.84. The van der Waals surface area contributed by atoms with Crippen LogP contribution in [0, 0.1) is 11.3 Å². The lowest BCUT2D eigenvalue weighted by Crippen LogP contribution is -2.42. The van der Waals surface area contributed by atoms with Crippen LogP contribution in [0.1, 0.15) is 60.8 Å². The van der Waals surface area contributed by atoms with E-state index in [0.29, 0.717) is 17.9 Å². The van der Waals surface area contributed by atoms with Crippen molar-refractivity contribution >= 4 is 5.71 Å². The maximum Gasteiger partial charge on any atom is 0.144 e. The number of nitrogens with one attached hydrogen (secondary N) is 1. The highest BCUT2D eigenvalue weighted by Crippen LogP contribution is 2.36. The van der Waals surface area contributed by atoms with Crippen LogP contribution in [0.4, 0.5) is 0 Å². The van der Waals surface area contributed by atoms with Crippen LogP contribution in [0.25, 0.3) is 0 Å². The van der Waals surface area contributed by atoms with Crippen LogP contribution in [0.2, 0.25) is 0 Å². The molecule has 0 aromatic rings. The molecule has 0 bridgehead atoms. The third kappa shape index (κ3) is 7.25. The molecular weight excluding hydrogens is 252 g/mol. The van der Waals surface area contributed by atoms with E-state index in [1.165, 1.54) is 6.42 Å².